The summed E-state index contributed by atoms with van der Waals surface area (Å²) in [4.78, 5) is 12.7. The molecule has 0 fully saturated rings. The summed E-state index contributed by atoms with van der Waals surface area (Å²) < 4.78 is 5.86. The van der Waals surface area contributed by atoms with Crippen LogP contribution in [0, 0.1) is 11.3 Å². The van der Waals surface area contributed by atoms with Crippen molar-refractivity contribution in [1.82, 2.24) is 5.32 Å². The number of Topliss-reactive ketones (excluding diaryl/α,β-unsaturated/α-hetero) is 1. The van der Waals surface area contributed by atoms with Gasteiger partial charge in [-0.1, -0.05) is 35.9 Å². The van der Waals surface area contributed by atoms with Crippen LogP contribution in [0.3, 0.4) is 0 Å². The molecular formula is C24H21ClN2O2. The van der Waals surface area contributed by atoms with Gasteiger partial charge in [0, 0.05) is 28.4 Å². The van der Waals surface area contributed by atoms with Gasteiger partial charge in [0.05, 0.1) is 17.6 Å². The molecule has 2 aliphatic rings. The highest BCUT2D eigenvalue weighted by Crippen LogP contribution is 2.42. The van der Waals surface area contributed by atoms with E-state index in [1.807, 2.05) is 55.5 Å². The van der Waals surface area contributed by atoms with Crippen LogP contribution in [0.4, 0.5) is 0 Å². The lowest BCUT2D eigenvalue weighted by Crippen LogP contribution is -2.31. The number of nitrogens with zero attached hydrogens (tertiary/aromatic N) is 1. The van der Waals surface area contributed by atoms with Crippen LogP contribution in [0.1, 0.15) is 43.2 Å². The van der Waals surface area contributed by atoms with Gasteiger partial charge in [0.1, 0.15) is 12.4 Å². The smallest absolute Gasteiger partial charge is 0.161 e. The van der Waals surface area contributed by atoms with Gasteiger partial charge in [-0.2, -0.15) is 5.26 Å². The van der Waals surface area contributed by atoms with E-state index in [4.69, 9.17) is 16.3 Å². The number of hydrogen-bond donors (Lipinski definition) is 1. The molecule has 4 nitrogen and oxygen atoms in total. The molecule has 1 aliphatic heterocycles. The average Bonchev–Trinajstić information content (AvgIpc) is 2.73. The van der Waals surface area contributed by atoms with Crippen LogP contribution in [0.25, 0.3) is 0 Å². The normalized spacial score (nSPS) is 18.8. The lowest BCUT2D eigenvalue weighted by molar-refractivity contribution is -0.116. The molecule has 1 atom stereocenters. The van der Waals surface area contributed by atoms with Crippen molar-refractivity contribution < 1.29 is 9.53 Å². The van der Waals surface area contributed by atoms with Gasteiger partial charge < -0.3 is 10.1 Å². The third-order valence-electron chi connectivity index (χ3n) is 5.43. The summed E-state index contributed by atoms with van der Waals surface area (Å²) in [5.41, 5.74) is 5.11. The zero-order chi connectivity index (χ0) is 20.4. The zero-order valence-corrected chi connectivity index (χ0v) is 16.9. The fourth-order valence-electron chi connectivity index (χ4n) is 3.97. The lowest BCUT2D eigenvalue weighted by Gasteiger charge is -2.32. The molecule has 0 bridgehead atoms. The number of ether oxygens (including phenoxy) is 1. The van der Waals surface area contributed by atoms with Crippen molar-refractivity contribution in [2.75, 3.05) is 0 Å². The lowest BCUT2D eigenvalue weighted by atomic mass is 9.76. The van der Waals surface area contributed by atoms with Crippen molar-refractivity contribution in [2.45, 2.75) is 38.7 Å². The monoisotopic (exact) mass is 404 g/mol. The van der Waals surface area contributed by atoms with E-state index < -0.39 is 0 Å². The first kappa shape index (κ1) is 19.3. The van der Waals surface area contributed by atoms with Gasteiger partial charge in [0.15, 0.2) is 5.78 Å². The van der Waals surface area contributed by atoms with E-state index in [0.29, 0.717) is 23.6 Å². The van der Waals surface area contributed by atoms with Crippen molar-refractivity contribution in [2.24, 2.45) is 0 Å². The molecular weight excluding hydrogens is 384 g/mol. The Morgan fingerprint density at radius 2 is 1.86 bits per heavy atom. The number of halogens is 1. The molecule has 29 heavy (non-hydrogen) atoms. The first-order chi connectivity index (χ1) is 14.1. The number of nitrogens with one attached hydrogen (secondary N) is 1. The van der Waals surface area contributed by atoms with Crippen molar-refractivity contribution in [3.63, 3.8) is 0 Å². The standard InChI is InChI=1S/C24H21ClN2O2/c1-15-20(13-26)23(24-21(27-15)3-2-4-22(24)28)17-7-11-19(12-8-17)29-14-16-5-9-18(25)10-6-16/h5-12,23,27H,2-4,14H2,1H3/t23-/m1/s1. The molecule has 0 saturated heterocycles. The van der Waals surface area contributed by atoms with Crippen LogP contribution in [0.15, 0.2) is 71.1 Å². The third kappa shape index (κ3) is 3.92. The Kier molecular flexibility index (Phi) is 5.42. The Morgan fingerprint density at radius 3 is 2.55 bits per heavy atom. The van der Waals surface area contributed by atoms with Gasteiger partial charge in [-0.05, 0) is 55.2 Å². The topological polar surface area (TPSA) is 62.1 Å². The highest BCUT2D eigenvalue weighted by atomic mass is 35.5. The van der Waals surface area contributed by atoms with Crippen LogP contribution in [0.2, 0.25) is 5.02 Å². The number of carbonyl (C=O) groups is 1. The molecule has 2 aromatic carbocycles. The summed E-state index contributed by atoms with van der Waals surface area (Å²) in [6.45, 7) is 2.35. The minimum absolute atomic E-state index is 0.132. The van der Waals surface area contributed by atoms with E-state index in [0.717, 1.165) is 46.7 Å². The number of benzene rings is 2. The van der Waals surface area contributed by atoms with Crippen LogP contribution >= 0.6 is 11.6 Å². The van der Waals surface area contributed by atoms with Crippen molar-refractivity contribution in [3.8, 4) is 11.8 Å². The van der Waals surface area contributed by atoms with E-state index in [9.17, 15) is 10.1 Å². The largest absolute Gasteiger partial charge is 0.489 e. The Labute approximate surface area is 175 Å². The Morgan fingerprint density at radius 1 is 1.14 bits per heavy atom. The van der Waals surface area contributed by atoms with Gasteiger partial charge >= 0.3 is 0 Å². The third-order valence-corrected chi connectivity index (χ3v) is 5.68. The fraction of sp³-hybridized carbons (Fsp3) is 0.250. The van der Waals surface area contributed by atoms with E-state index >= 15 is 0 Å². The summed E-state index contributed by atoms with van der Waals surface area (Å²) in [7, 11) is 0. The predicted octanol–water partition coefficient (Wildman–Crippen LogP) is 5.41. The molecule has 0 aromatic heterocycles. The second-order valence-electron chi connectivity index (χ2n) is 7.36. The van der Waals surface area contributed by atoms with Gasteiger partial charge in [0.2, 0.25) is 0 Å². The molecule has 0 unspecified atom stereocenters. The minimum atomic E-state index is -0.311. The van der Waals surface area contributed by atoms with Crippen LogP contribution in [0.5, 0.6) is 5.75 Å². The maximum absolute atomic E-state index is 12.7. The van der Waals surface area contributed by atoms with Crippen LogP contribution < -0.4 is 10.1 Å². The number of nitriles is 1. The molecule has 0 amide bonds. The van der Waals surface area contributed by atoms with Crippen LogP contribution in [-0.4, -0.2) is 5.78 Å². The van der Waals surface area contributed by atoms with Gasteiger partial charge in [-0.3, -0.25) is 4.79 Å². The predicted molar refractivity (Wildman–Crippen MR) is 112 cm³/mol. The Balaban J connectivity index is 1.58. The number of carbonyl (C=O) groups excluding carboxylic acids is 1. The number of rotatable bonds is 4. The average molecular weight is 405 g/mol. The first-order valence-corrected chi connectivity index (χ1v) is 10.1. The minimum Gasteiger partial charge on any atom is -0.489 e. The Bertz CT molecular complexity index is 1040. The summed E-state index contributed by atoms with van der Waals surface area (Å²) in [6.07, 6.45) is 2.23. The zero-order valence-electron chi connectivity index (χ0n) is 16.2. The van der Waals surface area contributed by atoms with Crippen molar-refractivity contribution in [1.29, 1.82) is 5.26 Å². The van der Waals surface area contributed by atoms with Gasteiger partial charge in [0.25, 0.3) is 0 Å². The number of dihydropyridines is 1. The first-order valence-electron chi connectivity index (χ1n) is 9.68. The highest BCUT2D eigenvalue weighted by molar-refractivity contribution is 6.30. The molecule has 5 heteroatoms. The Hall–Kier alpha value is -3.03. The summed E-state index contributed by atoms with van der Waals surface area (Å²) >= 11 is 5.91. The summed E-state index contributed by atoms with van der Waals surface area (Å²) in [5, 5.41) is 13.7. The van der Waals surface area contributed by atoms with E-state index in [2.05, 4.69) is 11.4 Å². The molecule has 1 N–H and O–H groups in total. The summed E-state index contributed by atoms with van der Waals surface area (Å²) in [6, 6.07) is 17.5. The molecule has 0 spiro atoms. The van der Waals surface area contributed by atoms with Crippen molar-refractivity contribution >= 4 is 17.4 Å². The molecule has 1 heterocycles. The highest BCUT2D eigenvalue weighted by Gasteiger charge is 2.35. The van der Waals surface area contributed by atoms with E-state index in [1.165, 1.54) is 0 Å². The number of hydrogen-bond acceptors (Lipinski definition) is 4. The van der Waals surface area contributed by atoms with E-state index in [1.54, 1.807) is 0 Å². The number of ketones is 1. The molecule has 0 saturated carbocycles. The van der Waals surface area contributed by atoms with Gasteiger partial charge in [-0.15, -0.1) is 0 Å². The molecule has 2 aromatic rings. The second-order valence-corrected chi connectivity index (χ2v) is 7.80. The second kappa shape index (κ2) is 8.14. The quantitative estimate of drug-likeness (QED) is 0.739. The fourth-order valence-corrected chi connectivity index (χ4v) is 4.09. The molecule has 0 radical (unpaired) electrons. The molecule has 4 rings (SSSR count). The maximum Gasteiger partial charge on any atom is 0.161 e. The molecule has 1 aliphatic carbocycles. The maximum atomic E-state index is 12.7. The molecule has 146 valence electrons. The van der Waals surface area contributed by atoms with Crippen LogP contribution in [-0.2, 0) is 11.4 Å². The number of allylic oxidation sites excluding steroid dienone is 4. The van der Waals surface area contributed by atoms with Gasteiger partial charge in [-0.25, -0.2) is 0 Å². The van der Waals surface area contributed by atoms with Crippen molar-refractivity contribution in [3.05, 3.63) is 87.2 Å². The van der Waals surface area contributed by atoms with E-state index in [-0.39, 0.29) is 11.7 Å². The summed E-state index contributed by atoms with van der Waals surface area (Å²) in [5.74, 6) is 0.558. The SMILES string of the molecule is CC1=C(C#N)[C@@H](c2ccc(OCc3ccc(Cl)cc3)cc2)C2=C(CCCC2=O)N1.